The maximum Gasteiger partial charge on any atom is 0.242 e. The molecule has 6 nitrogen and oxygen atoms in total. The minimum absolute atomic E-state index is 0.0463. The molecule has 3 fully saturated rings. The predicted octanol–water partition coefficient (Wildman–Crippen LogP) is 3.16. The molecule has 2 aliphatic heterocycles. The molecule has 2 heterocycles. The Kier molecular flexibility index (Phi) is 9.18. The van der Waals surface area contributed by atoms with Crippen molar-refractivity contribution >= 4 is 11.8 Å². The number of likely N-dealkylation sites (tertiary alicyclic amines) is 1. The summed E-state index contributed by atoms with van der Waals surface area (Å²) < 4.78 is 5.48. The highest BCUT2D eigenvalue weighted by Crippen LogP contribution is 2.25. The molecule has 1 atom stereocenters. The summed E-state index contributed by atoms with van der Waals surface area (Å²) in [5.41, 5.74) is 1.07. The van der Waals surface area contributed by atoms with Gasteiger partial charge in [-0.05, 0) is 69.0 Å². The third kappa shape index (κ3) is 7.54. The molecule has 2 N–H and O–H groups in total. The molecule has 0 bridgehead atoms. The molecule has 182 valence electrons. The zero-order chi connectivity index (χ0) is 22.9. The summed E-state index contributed by atoms with van der Waals surface area (Å²) in [5, 5.41) is 6.25. The average molecular weight is 456 g/mol. The molecule has 0 aromatic heterocycles. The van der Waals surface area contributed by atoms with Crippen molar-refractivity contribution in [3.63, 3.8) is 0 Å². The van der Waals surface area contributed by atoms with E-state index in [9.17, 15) is 9.59 Å². The summed E-state index contributed by atoms with van der Waals surface area (Å²) in [6.45, 7) is 5.94. The van der Waals surface area contributed by atoms with Crippen molar-refractivity contribution in [2.24, 2.45) is 17.8 Å². The number of nitrogens with zero attached hydrogens (tertiary/aromatic N) is 1. The third-order valence-corrected chi connectivity index (χ3v) is 7.77. The van der Waals surface area contributed by atoms with Crippen molar-refractivity contribution in [2.45, 2.75) is 63.8 Å². The Labute approximate surface area is 198 Å². The molecule has 1 aromatic carbocycles. The fraction of sp³-hybridized carbons (Fsp3) is 0.704. The van der Waals surface area contributed by atoms with E-state index in [0.29, 0.717) is 18.9 Å². The van der Waals surface area contributed by atoms with Crippen molar-refractivity contribution in [1.29, 1.82) is 0 Å². The smallest absolute Gasteiger partial charge is 0.242 e. The van der Waals surface area contributed by atoms with Crippen molar-refractivity contribution in [3.8, 4) is 0 Å². The van der Waals surface area contributed by atoms with Gasteiger partial charge in [0.05, 0.1) is 0 Å². The van der Waals surface area contributed by atoms with Gasteiger partial charge in [-0.15, -0.1) is 0 Å². The number of carbonyl (C=O) groups excluding carboxylic acids is 2. The highest BCUT2D eigenvalue weighted by atomic mass is 16.5. The van der Waals surface area contributed by atoms with Crippen molar-refractivity contribution < 1.29 is 14.3 Å². The van der Waals surface area contributed by atoms with Gasteiger partial charge >= 0.3 is 0 Å². The molecule has 1 saturated carbocycles. The van der Waals surface area contributed by atoms with Gasteiger partial charge in [0.15, 0.2) is 0 Å². The molecule has 2 saturated heterocycles. The molecule has 0 radical (unpaired) electrons. The number of rotatable bonds is 9. The van der Waals surface area contributed by atoms with Crippen LogP contribution in [0.1, 0.15) is 56.9 Å². The third-order valence-electron chi connectivity index (χ3n) is 7.77. The Morgan fingerprint density at radius 1 is 0.939 bits per heavy atom. The van der Waals surface area contributed by atoms with Crippen LogP contribution in [0.5, 0.6) is 0 Å². The molecule has 1 aromatic rings. The number of carbonyl (C=O) groups is 2. The molecule has 6 heteroatoms. The van der Waals surface area contributed by atoms with Gasteiger partial charge in [-0.3, -0.25) is 9.59 Å². The van der Waals surface area contributed by atoms with Gasteiger partial charge in [-0.2, -0.15) is 0 Å². The van der Waals surface area contributed by atoms with Crippen LogP contribution in [0.2, 0.25) is 0 Å². The highest BCUT2D eigenvalue weighted by Gasteiger charge is 2.29. The van der Waals surface area contributed by atoms with Crippen LogP contribution in [0.3, 0.4) is 0 Å². The number of piperidine rings is 1. The Morgan fingerprint density at radius 2 is 1.64 bits per heavy atom. The lowest BCUT2D eigenvalue weighted by Gasteiger charge is -2.35. The Hall–Kier alpha value is -1.92. The Morgan fingerprint density at radius 3 is 2.33 bits per heavy atom. The summed E-state index contributed by atoms with van der Waals surface area (Å²) >= 11 is 0. The van der Waals surface area contributed by atoms with Gasteiger partial charge in [-0.25, -0.2) is 0 Å². The van der Waals surface area contributed by atoms with Gasteiger partial charge in [-0.1, -0.05) is 43.2 Å². The number of hydrogen-bond donors (Lipinski definition) is 2. The van der Waals surface area contributed by atoms with E-state index in [0.717, 1.165) is 76.3 Å². The van der Waals surface area contributed by atoms with Crippen LogP contribution in [-0.2, 0) is 20.7 Å². The maximum absolute atomic E-state index is 13.1. The maximum atomic E-state index is 13.1. The Balaban J connectivity index is 1.24. The fourth-order valence-electron chi connectivity index (χ4n) is 5.57. The lowest BCUT2D eigenvalue weighted by molar-refractivity contribution is -0.131. The first-order chi connectivity index (χ1) is 16.2. The van der Waals surface area contributed by atoms with Crippen molar-refractivity contribution in [3.05, 3.63) is 35.9 Å². The van der Waals surface area contributed by atoms with E-state index in [1.165, 1.54) is 19.4 Å². The molecule has 0 unspecified atom stereocenters. The van der Waals surface area contributed by atoms with Gasteiger partial charge in [0.2, 0.25) is 11.8 Å². The summed E-state index contributed by atoms with van der Waals surface area (Å²) in [5.74, 6) is 1.36. The molecule has 0 spiro atoms. The van der Waals surface area contributed by atoms with E-state index in [2.05, 4.69) is 15.5 Å². The number of hydrogen-bond acceptors (Lipinski definition) is 4. The molecule has 2 amide bonds. The summed E-state index contributed by atoms with van der Waals surface area (Å²) in [7, 11) is 0. The molecule has 1 aliphatic carbocycles. The quantitative estimate of drug-likeness (QED) is 0.600. The van der Waals surface area contributed by atoms with E-state index in [1.807, 2.05) is 30.3 Å². The first kappa shape index (κ1) is 24.2. The van der Waals surface area contributed by atoms with E-state index < -0.39 is 6.04 Å². The molecule has 4 rings (SSSR count). The summed E-state index contributed by atoms with van der Waals surface area (Å²) in [4.78, 5) is 28.5. The number of amides is 2. The molecule has 33 heavy (non-hydrogen) atoms. The molecule has 3 aliphatic rings. The van der Waals surface area contributed by atoms with Crippen LogP contribution in [0.4, 0.5) is 0 Å². The monoisotopic (exact) mass is 455 g/mol. The summed E-state index contributed by atoms with van der Waals surface area (Å²) in [6, 6.07) is 9.49. The van der Waals surface area contributed by atoms with Gasteiger partial charge in [0, 0.05) is 38.6 Å². The van der Waals surface area contributed by atoms with Crippen molar-refractivity contribution in [2.75, 3.05) is 39.4 Å². The van der Waals surface area contributed by atoms with Crippen LogP contribution in [0, 0.1) is 17.8 Å². The van der Waals surface area contributed by atoms with E-state index in [1.54, 1.807) is 0 Å². The highest BCUT2D eigenvalue weighted by molar-refractivity contribution is 5.88. The lowest BCUT2D eigenvalue weighted by Crippen LogP contribution is -2.50. The second kappa shape index (κ2) is 12.5. The lowest BCUT2D eigenvalue weighted by atomic mass is 9.94. The zero-order valence-electron chi connectivity index (χ0n) is 20.0. The van der Waals surface area contributed by atoms with E-state index >= 15 is 0 Å². The van der Waals surface area contributed by atoms with Crippen molar-refractivity contribution in [1.82, 2.24) is 15.5 Å². The topological polar surface area (TPSA) is 70.7 Å². The second-order valence-electron chi connectivity index (χ2n) is 10.3. The van der Waals surface area contributed by atoms with Crippen LogP contribution in [0.15, 0.2) is 30.3 Å². The largest absolute Gasteiger partial charge is 0.381 e. The van der Waals surface area contributed by atoms with E-state index in [-0.39, 0.29) is 17.7 Å². The molecular weight excluding hydrogens is 414 g/mol. The predicted molar refractivity (Wildman–Crippen MR) is 130 cm³/mol. The second-order valence-corrected chi connectivity index (χ2v) is 10.3. The SMILES string of the molecule is O=C(N[C@H](Cc1ccccc1)C(=O)NCC1CCN(CC2CCOCC2)CC1)C1CCCC1. The number of benzene rings is 1. The molecular formula is C27H41N3O3. The minimum Gasteiger partial charge on any atom is -0.381 e. The van der Waals surface area contributed by atoms with Gasteiger partial charge in [0.1, 0.15) is 6.04 Å². The van der Waals surface area contributed by atoms with Crippen LogP contribution in [-0.4, -0.2) is 62.1 Å². The zero-order valence-corrected chi connectivity index (χ0v) is 20.0. The van der Waals surface area contributed by atoms with E-state index in [4.69, 9.17) is 4.74 Å². The normalized spacial score (nSPS) is 22.2. The van der Waals surface area contributed by atoms with Gasteiger partial charge in [0.25, 0.3) is 0 Å². The van der Waals surface area contributed by atoms with Gasteiger partial charge < -0.3 is 20.3 Å². The first-order valence-electron chi connectivity index (χ1n) is 13.1. The van der Waals surface area contributed by atoms with Crippen LogP contribution < -0.4 is 10.6 Å². The summed E-state index contributed by atoms with van der Waals surface area (Å²) in [6.07, 6.45) is 9.27. The standard InChI is InChI=1S/C27H41N3O3/c31-26(24-8-4-5-9-24)29-25(18-21-6-2-1-3-7-21)27(32)28-19-22-10-14-30(15-11-22)20-23-12-16-33-17-13-23/h1-3,6-7,22-25H,4-5,8-20H2,(H,28,32)(H,29,31)/t25-/m1/s1. The first-order valence-corrected chi connectivity index (χ1v) is 13.1. The van der Waals surface area contributed by atoms with Crippen LogP contribution in [0.25, 0.3) is 0 Å². The average Bonchev–Trinajstić information content (AvgIpc) is 3.40. The minimum atomic E-state index is -0.505. The number of nitrogens with one attached hydrogen (secondary N) is 2. The van der Waals surface area contributed by atoms with Crippen LogP contribution >= 0.6 is 0 Å². The Bertz CT molecular complexity index is 736. The fourth-order valence-corrected chi connectivity index (χ4v) is 5.57. The number of ether oxygens (including phenoxy) is 1.